The largest absolute Gasteiger partial charge is 0.271 e. The number of hydrazine groups is 1. The number of aromatic nitrogens is 2. The van der Waals surface area contributed by atoms with Crippen LogP contribution in [0.3, 0.4) is 0 Å². The molecule has 4 nitrogen and oxygen atoms in total. The minimum atomic E-state index is 0.362. The predicted molar refractivity (Wildman–Crippen MR) is 79.9 cm³/mol. The molecule has 4 rings (SSSR count). The van der Waals surface area contributed by atoms with Gasteiger partial charge in [0.25, 0.3) is 0 Å². The van der Waals surface area contributed by atoms with E-state index >= 15 is 0 Å². The lowest BCUT2D eigenvalue weighted by Crippen LogP contribution is -2.42. The fourth-order valence-electron chi connectivity index (χ4n) is 4.10. The standard InChI is InChI=1S/C16H22N4/c1-20-16-5-3-2-4-13(16)15(19-20)9-14(18-17)12-7-10-6-11(10)8-12/h2-5,10-12,14,18H,6-9,17H2,1H3. The van der Waals surface area contributed by atoms with Crippen LogP contribution in [-0.2, 0) is 13.5 Å². The lowest BCUT2D eigenvalue weighted by atomic mass is 9.91. The Labute approximate surface area is 119 Å². The third kappa shape index (κ3) is 1.95. The van der Waals surface area contributed by atoms with Crippen LogP contribution in [0.25, 0.3) is 10.9 Å². The van der Waals surface area contributed by atoms with Crippen LogP contribution in [0.1, 0.15) is 25.0 Å². The second-order valence-electron chi connectivity index (χ2n) is 6.55. The Morgan fingerprint density at radius 1 is 1.30 bits per heavy atom. The first kappa shape index (κ1) is 12.4. The molecule has 0 saturated heterocycles. The number of para-hydroxylation sites is 1. The summed E-state index contributed by atoms with van der Waals surface area (Å²) < 4.78 is 1.98. The van der Waals surface area contributed by atoms with Crippen molar-refractivity contribution in [3.8, 4) is 0 Å². The number of nitrogens with one attached hydrogen (secondary N) is 1. The van der Waals surface area contributed by atoms with Gasteiger partial charge in [-0.3, -0.25) is 16.0 Å². The van der Waals surface area contributed by atoms with Gasteiger partial charge in [-0.1, -0.05) is 18.2 Å². The quantitative estimate of drug-likeness (QED) is 0.660. The highest BCUT2D eigenvalue weighted by Crippen LogP contribution is 2.55. The maximum absolute atomic E-state index is 5.83. The fourth-order valence-corrected chi connectivity index (χ4v) is 4.10. The predicted octanol–water partition coefficient (Wildman–Crippen LogP) is 1.99. The van der Waals surface area contributed by atoms with Crippen molar-refractivity contribution in [3.63, 3.8) is 0 Å². The minimum absolute atomic E-state index is 0.362. The second-order valence-corrected chi connectivity index (χ2v) is 6.55. The van der Waals surface area contributed by atoms with E-state index in [1.54, 1.807) is 0 Å². The van der Waals surface area contributed by atoms with E-state index in [-0.39, 0.29) is 0 Å². The first-order chi connectivity index (χ1) is 9.76. The van der Waals surface area contributed by atoms with E-state index in [1.165, 1.54) is 35.9 Å². The highest BCUT2D eigenvalue weighted by Gasteiger charge is 2.47. The Bertz CT molecular complexity index is 622. The molecule has 1 aromatic carbocycles. The van der Waals surface area contributed by atoms with E-state index in [0.29, 0.717) is 6.04 Å². The van der Waals surface area contributed by atoms with Gasteiger partial charge in [-0.25, -0.2) is 0 Å². The van der Waals surface area contributed by atoms with Gasteiger partial charge in [-0.15, -0.1) is 0 Å². The van der Waals surface area contributed by atoms with Crippen molar-refractivity contribution in [2.24, 2.45) is 30.6 Å². The smallest absolute Gasteiger partial charge is 0.0719 e. The summed E-state index contributed by atoms with van der Waals surface area (Å²) in [6.07, 6.45) is 5.09. The highest BCUT2D eigenvalue weighted by atomic mass is 15.3. The average Bonchev–Trinajstić information content (AvgIpc) is 2.95. The molecule has 3 unspecified atom stereocenters. The fraction of sp³-hybridized carbons (Fsp3) is 0.562. The Morgan fingerprint density at radius 2 is 2.05 bits per heavy atom. The molecule has 0 aliphatic heterocycles. The number of aryl methyl sites for hydroxylation is 1. The lowest BCUT2D eigenvalue weighted by Gasteiger charge is -2.23. The molecule has 2 aromatic rings. The molecule has 4 heteroatoms. The van der Waals surface area contributed by atoms with Crippen LogP contribution in [0, 0.1) is 17.8 Å². The minimum Gasteiger partial charge on any atom is -0.271 e. The summed E-state index contributed by atoms with van der Waals surface area (Å²) in [4.78, 5) is 0. The van der Waals surface area contributed by atoms with Gasteiger partial charge in [0.05, 0.1) is 11.2 Å². The van der Waals surface area contributed by atoms with E-state index in [2.05, 4.69) is 29.7 Å². The van der Waals surface area contributed by atoms with Gasteiger partial charge in [0, 0.05) is 24.9 Å². The summed E-state index contributed by atoms with van der Waals surface area (Å²) in [5.41, 5.74) is 5.43. The van der Waals surface area contributed by atoms with Gasteiger partial charge >= 0.3 is 0 Å². The molecule has 0 amide bonds. The molecule has 2 aliphatic carbocycles. The Kier molecular flexibility index (Phi) is 2.82. The summed E-state index contributed by atoms with van der Waals surface area (Å²) >= 11 is 0. The molecule has 20 heavy (non-hydrogen) atoms. The molecule has 0 bridgehead atoms. The van der Waals surface area contributed by atoms with Crippen molar-refractivity contribution in [1.82, 2.24) is 15.2 Å². The van der Waals surface area contributed by atoms with Crippen LogP contribution in [0.4, 0.5) is 0 Å². The number of rotatable bonds is 4. The molecule has 2 saturated carbocycles. The molecule has 3 atom stereocenters. The van der Waals surface area contributed by atoms with Gasteiger partial charge < -0.3 is 0 Å². The highest BCUT2D eigenvalue weighted by molar-refractivity contribution is 5.81. The van der Waals surface area contributed by atoms with Crippen molar-refractivity contribution in [1.29, 1.82) is 0 Å². The number of nitrogens with two attached hydrogens (primary N) is 1. The zero-order chi connectivity index (χ0) is 13.7. The Morgan fingerprint density at radius 3 is 2.80 bits per heavy atom. The normalized spacial score (nSPS) is 29.6. The Hall–Kier alpha value is -1.39. The van der Waals surface area contributed by atoms with E-state index in [1.807, 2.05) is 11.7 Å². The maximum Gasteiger partial charge on any atom is 0.0719 e. The monoisotopic (exact) mass is 270 g/mol. The van der Waals surface area contributed by atoms with Crippen LogP contribution < -0.4 is 11.3 Å². The summed E-state index contributed by atoms with van der Waals surface area (Å²) in [5.74, 6) is 8.55. The zero-order valence-electron chi connectivity index (χ0n) is 11.9. The average molecular weight is 270 g/mol. The van der Waals surface area contributed by atoms with Crippen molar-refractivity contribution in [2.75, 3.05) is 0 Å². The van der Waals surface area contributed by atoms with Gasteiger partial charge in [0.2, 0.25) is 0 Å². The molecule has 0 radical (unpaired) electrons. The summed E-state index contributed by atoms with van der Waals surface area (Å²) in [7, 11) is 2.02. The first-order valence-corrected chi connectivity index (χ1v) is 7.63. The summed E-state index contributed by atoms with van der Waals surface area (Å²) in [5, 5.41) is 5.96. The molecule has 3 N–H and O–H groups in total. The first-order valence-electron chi connectivity index (χ1n) is 7.63. The van der Waals surface area contributed by atoms with E-state index in [4.69, 9.17) is 10.9 Å². The van der Waals surface area contributed by atoms with Crippen LogP contribution in [0.5, 0.6) is 0 Å². The number of fused-ring (bicyclic) bond motifs is 2. The topological polar surface area (TPSA) is 55.9 Å². The lowest BCUT2D eigenvalue weighted by molar-refractivity contribution is 0.334. The molecule has 1 heterocycles. The van der Waals surface area contributed by atoms with Crippen molar-refractivity contribution < 1.29 is 0 Å². The van der Waals surface area contributed by atoms with Gasteiger partial charge in [-0.2, -0.15) is 5.10 Å². The van der Waals surface area contributed by atoms with Crippen molar-refractivity contribution in [3.05, 3.63) is 30.0 Å². The van der Waals surface area contributed by atoms with Gasteiger partial charge in [0.15, 0.2) is 0 Å². The zero-order valence-corrected chi connectivity index (χ0v) is 11.9. The molecule has 1 aromatic heterocycles. The van der Waals surface area contributed by atoms with Crippen molar-refractivity contribution in [2.45, 2.75) is 31.7 Å². The number of hydrogen-bond donors (Lipinski definition) is 2. The molecule has 106 valence electrons. The van der Waals surface area contributed by atoms with Crippen molar-refractivity contribution >= 4 is 10.9 Å². The molecule has 2 aliphatic rings. The van der Waals surface area contributed by atoms with Crippen LogP contribution in [0.15, 0.2) is 24.3 Å². The maximum atomic E-state index is 5.83. The third-order valence-electron chi connectivity index (χ3n) is 5.31. The van der Waals surface area contributed by atoms with E-state index in [0.717, 1.165) is 24.2 Å². The number of benzene rings is 1. The Balaban J connectivity index is 1.59. The van der Waals surface area contributed by atoms with E-state index < -0.39 is 0 Å². The number of nitrogens with zero attached hydrogens (tertiary/aromatic N) is 2. The van der Waals surface area contributed by atoms with Crippen LogP contribution in [-0.4, -0.2) is 15.8 Å². The van der Waals surface area contributed by atoms with Gasteiger partial charge in [-0.05, 0) is 43.1 Å². The third-order valence-corrected chi connectivity index (χ3v) is 5.31. The molecule has 2 fully saturated rings. The molecule has 0 spiro atoms. The van der Waals surface area contributed by atoms with E-state index in [9.17, 15) is 0 Å². The van der Waals surface area contributed by atoms with Crippen LogP contribution >= 0.6 is 0 Å². The summed E-state index contributed by atoms with van der Waals surface area (Å²) in [6, 6.07) is 8.81. The number of hydrogen-bond acceptors (Lipinski definition) is 3. The summed E-state index contributed by atoms with van der Waals surface area (Å²) in [6.45, 7) is 0. The van der Waals surface area contributed by atoms with Crippen LogP contribution in [0.2, 0.25) is 0 Å². The molecular formula is C16H22N4. The SMILES string of the molecule is Cn1nc(CC(NN)C2CC3CC3C2)c2ccccc21. The second kappa shape index (κ2) is 4.57. The molecular weight excluding hydrogens is 248 g/mol. The van der Waals surface area contributed by atoms with Gasteiger partial charge in [0.1, 0.15) is 0 Å².